The van der Waals surface area contributed by atoms with Crippen LogP contribution in [0.5, 0.6) is 0 Å². The standard InChI is InChI=1S/C8H10ClNO2S/c1-12-8(11)7(10)3-6-2-5(9)4-13-6/h2,4,7H,3,10H2,1H3/t7-/m1/s1. The van der Waals surface area contributed by atoms with Crippen LogP contribution in [0.2, 0.25) is 5.02 Å². The number of rotatable bonds is 3. The zero-order chi connectivity index (χ0) is 9.84. The maximum absolute atomic E-state index is 10.9. The molecule has 1 heterocycles. The largest absolute Gasteiger partial charge is 0.468 e. The van der Waals surface area contributed by atoms with Crippen molar-refractivity contribution in [1.82, 2.24) is 0 Å². The predicted molar refractivity (Wildman–Crippen MR) is 53.0 cm³/mol. The lowest BCUT2D eigenvalue weighted by atomic mass is 10.2. The molecule has 0 radical (unpaired) electrons. The first-order chi connectivity index (χ1) is 6.13. The first kappa shape index (κ1) is 10.5. The molecule has 0 saturated carbocycles. The van der Waals surface area contributed by atoms with Gasteiger partial charge in [0.25, 0.3) is 0 Å². The third kappa shape index (κ3) is 2.99. The molecule has 0 saturated heterocycles. The van der Waals surface area contributed by atoms with Crippen LogP contribution >= 0.6 is 22.9 Å². The van der Waals surface area contributed by atoms with Crippen molar-refractivity contribution in [2.24, 2.45) is 5.73 Å². The topological polar surface area (TPSA) is 52.3 Å². The van der Waals surface area contributed by atoms with E-state index in [1.807, 2.05) is 0 Å². The van der Waals surface area contributed by atoms with Crippen LogP contribution < -0.4 is 5.73 Å². The van der Waals surface area contributed by atoms with Crippen LogP contribution in [-0.2, 0) is 16.0 Å². The number of hydrogen-bond donors (Lipinski definition) is 1. The van der Waals surface area contributed by atoms with Crippen LogP contribution in [0.15, 0.2) is 11.4 Å². The molecule has 0 aliphatic heterocycles. The van der Waals surface area contributed by atoms with Crippen LogP contribution in [-0.4, -0.2) is 19.1 Å². The van der Waals surface area contributed by atoms with Crippen molar-refractivity contribution in [1.29, 1.82) is 0 Å². The van der Waals surface area contributed by atoms with E-state index in [2.05, 4.69) is 4.74 Å². The maximum atomic E-state index is 10.9. The van der Waals surface area contributed by atoms with Gasteiger partial charge in [0.2, 0.25) is 0 Å². The summed E-state index contributed by atoms with van der Waals surface area (Å²) in [4.78, 5) is 11.9. The fourth-order valence-corrected chi connectivity index (χ4v) is 2.05. The Bertz CT molecular complexity index is 300. The number of nitrogens with two attached hydrogens (primary N) is 1. The number of carbonyl (C=O) groups is 1. The van der Waals surface area contributed by atoms with E-state index in [0.29, 0.717) is 11.4 Å². The number of thiophene rings is 1. The second kappa shape index (κ2) is 4.60. The zero-order valence-corrected chi connectivity index (χ0v) is 8.69. The highest BCUT2D eigenvalue weighted by Crippen LogP contribution is 2.20. The Balaban J connectivity index is 2.54. The van der Waals surface area contributed by atoms with E-state index in [4.69, 9.17) is 17.3 Å². The normalized spacial score (nSPS) is 12.5. The third-order valence-corrected chi connectivity index (χ3v) is 2.85. The summed E-state index contributed by atoms with van der Waals surface area (Å²) in [5.41, 5.74) is 5.56. The Morgan fingerprint density at radius 3 is 3.00 bits per heavy atom. The molecule has 0 unspecified atom stereocenters. The summed E-state index contributed by atoms with van der Waals surface area (Å²) in [6, 6.07) is 1.20. The van der Waals surface area contributed by atoms with Crippen LogP contribution in [0.3, 0.4) is 0 Å². The van der Waals surface area contributed by atoms with Crippen molar-refractivity contribution in [3.8, 4) is 0 Å². The zero-order valence-electron chi connectivity index (χ0n) is 7.12. The highest BCUT2D eigenvalue weighted by atomic mass is 35.5. The average molecular weight is 220 g/mol. The van der Waals surface area contributed by atoms with Gasteiger partial charge in [-0.15, -0.1) is 11.3 Å². The van der Waals surface area contributed by atoms with Crippen molar-refractivity contribution in [2.75, 3.05) is 7.11 Å². The molecule has 0 aliphatic carbocycles. The lowest BCUT2D eigenvalue weighted by Gasteiger charge is -2.06. The van der Waals surface area contributed by atoms with E-state index < -0.39 is 12.0 Å². The Morgan fingerprint density at radius 1 is 1.85 bits per heavy atom. The molecular formula is C8H10ClNO2S. The lowest BCUT2D eigenvalue weighted by molar-refractivity contribution is -0.142. The summed E-state index contributed by atoms with van der Waals surface area (Å²) in [5, 5.41) is 2.48. The van der Waals surface area contributed by atoms with E-state index in [0.717, 1.165) is 4.88 Å². The Labute approximate surface area is 85.4 Å². The highest BCUT2D eigenvalue weighted by Gasteiger charge is 2.14. The monoisotopic (exact) mass is 219 g/mol. The molecule has 3 nitrogen and oxygen atoms in total. The van der Waals surface area contributed by atoms with Gasteiger partial charge in [-0.2, -0.15) is 0 Å². The SMILES string of the molecule is COC(=O)[C@H](N)Cc1cc(Cl)cs1. The molecule has 1 rings (SSSR count). The summed E-state index contributed by atoms with van der Waals surface area (Å²) in [7, 11) is 1.32. The first-order valence-electron chi connectivity index (χ1n) is 3.70. The molecule has 1 aromatic heterocycles. The molecule has 1 aromatic rings. The van der Waals surface area contributed by atoms with Gasteiger partial charge < -0.3 is 10.5 Å². The molecule has 72 valence electrons. The third-order valence-electron chi connectivity index (χ3n) is 1.55. The number of esters is 1. The van der Waals surface area contributed by atoms with Crippen molar-refractivity contribution < 1.29 is 9.53 Å². The molecular weight excluding hydrogens is 210 g/mol. The molecule has 0 bridgehead atoms. The summed E-state index contributed by atoms with van der Waals surface area (Å²) < 4.78 is 4.50. The van der Waals surface area contributed by atoms with E-state index in [-0.39, 0.29) is 0 Å². The van der Waals surface area contributed by atoms with Gasteiger partial charge in [-0.25, -0.2) is 0 Å². The van der Waals surface area contributed by atoms with Crippen LogP contribution in [0.25, 0.3) is 0 Å². The van der Waals surface area contributed by atoms with Gasteiger partial charge in [0.05, 0.1) is 12.1 Å². The maximum Gasteiger partial charge on any atom is 0.323 e. The quantitative estimate of drug-likeness (QED) is 0.783. The number of carbonyl (C=O) groups excluding carboxylic acids is 1. The Kier molecular flexibility index (Phi) is 3.71. The summed E-state index contributed by atoms with van der Waals surface area (Å²) in [6.07, 6.45) is 0.476. The molecule has 0 amide bonds. The minimum absolute atomic E-state index is 0.399. The van der Waals surface area contributed by atoms with Crippen molar-refractivity contribution >= 4 is 28.9 Å². The number of ether oxygens (including phenoxy) is 1. The van der Waals surface area contributed by atoms with Crippen molar-refractivity contribution in [2.45, 2.75) is 12.5 Å². The molecule has 0 spiro atoms. The minimum Gasteiger partial charge on any atom is -0.468 e. The van der Waals surface area contributed by atoms with Gasteiger partial charge in [0.1, 0.15) is 6.04 Å². The van der Waals surface area contributed by atoms with Gasteiger partial charge >= 0.3 is 5.97 Å². The second-order valence-electron chi connectivity index (χ2n) is 2.57. The highest BCUT2D eigenvalue weighted by molar-refractivity contribution is 7.10. The van der Waals surface area contributed by atoms with Gasteiger partial charge in [-0.1, -0.05) is 11.6 Å². The van der Waals surface area contributed by atoms with E-state index in [1.54, 1.807) is 11.4 Å². The van der Waals surface area contributed by atoms with Gasteiger partial charge in [-0.3, -0.25) is 4.79 Å². The molecule has 0 aliphatic rings. The second-order valence-corrected chi connectivity index (χ2v) is 4.00. The van der Waals surface area contributed by atoms with Gasteiger partial charge in [-0.05, 0) is 6.07 Å². The van der Waals surface area contributed by atoms with Crippen LogP contribution in [0.4, 0.5) is 0 Å². The molecule has 0 aromatic carbocycles. The van der Waals surface area contributed by atoms with Crippen LogP contribution in [0.1, 0.15) is 4.88 Å². The van der Waals surface area contributed by atoms with E-state index in [1.165, 1.54) is 18.4 Å². The number of halogens is 1. The smallest absolute Gasteiger partial charge is 0.323 e. The van der Waals surface area contributed by atoms with Crippen LogP contribution in [0, 0.1) is 0 Å². The number of hydrogen-bond acceptors (Lipinski definition) is 4. The predicted octanol–water partition coefficient (Wildman–Crippen LogP) is 1.44. The Morgan fingerprint density at radius 2 is 2.54 bits per heavy atom. The van der Waals surface area contributed by atoms with E-state index in [9.17, 15) is 4.79 Å². The fourth-order valence-electron chi connectivity index (χ4n) is 0.912. The molecule has 2 N–H and O–H groups in total. The van der Waals surface area contributed by atoms with Crippen molar-refractivity contribution in [3.05, 3.63) is 21.3 Å². The molecule has 1 atom stereocenters. The lowest BCUT2D eigenvalue weighted by Crippen LogP contribution is -2.33. The summed E-state index contributed by atoms with van der Waals surface area (Å²) >= 11 is 7.20. The van der Waals surface area contributed by atoms with E-state index >= 15 is 0 Å². The first-order valence-corrected chi connectivity index (χ1v) is 4.95. The average Bonchev–Trinajstić information content (AvgIpc) is 2.49. The molecule has 13 heavy (non-hydrogen) atoms. The van der Waals surface area contributed by atoms with Gasteiger partial charge in [0, 0.05) is 16.7 Å². The Hall–Kier alpha value is -0.580. The van der Waals surface area contributed by atoms with Crippen molar-refractivity contribution in [3.63, 3.8) is 0 Å². The molecule has 5 heteroatoms. The van der Waals surface area contributed by atoms with Gasteiger partial charge in [0.15, 0.2) is 0 Å². The fraction of sp³-hybridized carbons (Fsp3) is 0.375. The number of methoxy groups -OCH3 is 1. The summed E-state index contributed by atoms with van der Waals surface area (Å²) in [6.45, 7) is 0. The summed E-state index contributed by atoms with van der Waals surface area (Å²) in [5.74, 6) is -0.399. The minimum atomic E-state index is -0.597. The molecule has 0 fully saturated rings.